The highest BCUT2D eigenvalue weighted by molar-refractivity contribution is 5.94. The summed E-state index contributed by atoms with van der Waals surface area (Å²) in [5.74, 6) is 1.30. The van der Waals surface area contributed by atoms with Crippen LogP contribution in [0.25, 0.3) is 0 Å². The summed E-state index contributed by atoms with van der Waals surface area (Å²) in [5, 5.41) is 2.92. The Labute approximate surface area is 161 Å². The van der Waals surface area contributed by atoms with E-state index in [0.717, 1.165) is 18.6 Å². The summed E-state index contributed by atoms with van der Waals surface area (Å²) >= 11 is 0. The van der Waals surface area contributed by atoms with Crippen molar-refractivity contribution < 1.29 is 14.3 Å². The van der Waals surface area contributed by atoms with Gasteiger partial charge in [-0.2, -0.15) is 0 Å². The van der Waals surface area contributed by atoms with E-state index < -0.39 is 6.10 Å². The zero-order valence-corrected chi connectivity index (χ0v) is 15.9. The van der Waals surface area contributed by atoms with Gasteiger partial charge in [-0.3, -0.25) is 4.79 Å². The summed E-state index contributed by atoms with van der Waals surface area (Å²) in [7, 11) is 0. The molecule has 1 aliphatic rings. The van der Waals surface area contributed by atoms with Gasteiger partial charge < -0.3 is 14.8 Å². The first-order valence-corrected chi connectivity index (χ1v) is 9.62. The number of nitrogens with one attached hydrogen (secondary N) is 1. The second-order valence-corrected chi connectivity index (χ2v) is 6.77. The topological polar surface area (TPSA) is 47.6 Å². The van der Waals surface area contributed by atoms with Crippen molar-refractivity contribution in [2.75, 3.05) is 11.9 Å². The summed E-state index contributed by atoms with van der Waals surface area (Å²) < 4.78 is 11.5. The predicted molar refractivity (Wildman–Crippen MR) is 109 cm³/mol. The predicted octanol–water partition coefficient (Wildman–Crippen LogP) is 4.93. The van der Waals surface area contributed by atoms with Gasteiger partial charge in [-0.05, 0) is 67.5 Å². The SMILES string of the molecule is C=CCOc1cccc(NC(=O)[C@H](CC)Oc2ccc3c(c2)CCCC3)c1. The van der Waals surface area contributed by atoms with E-state index in [4.69, 9.17) is 9.47 Å². The Bertz CT molecular complexity index is 800. The molecule has 1 amide bonds. The quantitative estimate of drug-likeness (QED) is 0.675. The summed E-state index contributed by atoms with van der Waals surface area (Å²) in [6.07, 6.45) is 6.44. The highest BCUT2D eigenvalue weighted by Crippen LogP contribution is 2.26. The van der Waals surface area contributed by atoms with Crippen LogP contribution in [0.1, 0.15) is 37.3 Å². The Hall–Kier alpha value is -2.75. The van der Waals surface area contributed by atoms with Crippen molar-refractivity contribution in [1.29, 1.82) is 0 Å². The molecule has 4 heteroatoms. The second kappa shape index (κ2) is 9.26. The third kappa shape index (κ3) is 5.13. The minimum atomic E-state index is -0.538. The molecule has 0 spiro atoms. The zero-order valence-electron chi connectivity index (χ0n) is 15.9. The molecule has 0 bridgehead atoms. The smallest absolute Gasteiger partial charge is 0.265 e. The molecule has 0 saturated carbocycles. The highest BCUT2D eigenvalue weighted by atomic mass is 16.5. The normalized spacial score (nSPS) is 14.0. The first kappa shape index (κ1) is 19.0. The highest BCUT2D eigenvalue weighted by Gasteiger charge is 2.20. The second-order valence-electron chi connectivity index (χ2n) is 6.77. The monoisotopic (exact) mass is 365 g/mol. The molecule has 0 heterocycles. The standard InChI is InChI=1S/C23H27NO3/c1-3-14-26-20-11-7-10-19(16-20)24-23(25)22(4-2)27-21-13-12-17-8-5-6-9-18(17)15-21/h3,7,10-13,15-16,22H,1,4-6,8-9,14H2,2H3,(H,24,25)/t22-/m0/s1. The van der Waals surface area contributed by atoms with Crippen LogP contribution in [0.15, 0.2) is 55.1 Å². The molecule has 2 aromatic carbocycles. The molecule has 0 unspecified atom stereocenters. The summed E-state index contributed by atoms with van der Waals surface area (Å²) in [4.78, 5) is 12.7. The van der Waals surface area contributed by atoms with Gasteiger partial charge in [0.15, 0.2) is 6.10 Å². The van der Waals surface area contributed by atoms with E-state index in [1.54, 1.807) is 12.1 Å². The molecule has 0 fully saturated rings. The van der Waals surface area contributed by atoms with Crippen LogP contribution in [0.5, 0.6) is 11.5 Å². The maximum Gasteiger partial charge on any atom is 0.265 e. The molecule has 2 aromatic rings. The minimum absolute atomic E-state index is 0.156. The number of carbonyl (C=O) groups is 1. The number of hydrogen-bond donors (Lipinski definition) is 1. The number of fused-ring (bicyclic) bond motifs is 1. The number of amides is 1. The van der Waals surface area contributed by atoms with Gasteiger partial charge in [-0.1, -0.05) is 31.7 Å². The van der Waals surface area contributed by atoms with Crippen molar-refractivity contribution in [2.45, 2.75) is 45.1 Å². The molecular formula is C23H27NO3. The molecule has 142 valence electrons. The Balaban J connectivity index is 1.65. The number of hydrogen-bond acceptors (Lipinski definition) is 3. The minimum Gasteiger partial charge on any atom is -0.489 e. The lowest BCUT2D eigenvalue weighted by atomic mass is 9.92. The molecule has 0 aliphatic heterocycles. The van der Waals surface area contributed by atoms with Crippen LogP contribution in [-0.2, 0) is 17.6 Å². The lowest BCUT2D eigenvalue weighted by Crippen LogP contribution is -2.32. The maximum absolute atomic E-state index is 12.7. The Kier molecular flexibility index (Phi) is 6.53. The molecule has 27 heavy (non-hydrogen) atoms. The van der Waals surface area contributed by atoms with Crippen molar-refractivity contribution in [2.24, 2.45) is 0 Å². The van der Waals surface area contributed by atoms with Crippen molar-refractivity contribution in [3.8, 4) is 11.5 Å². The molecule has 1 aliphatic carbocycles. The van der Waals surface area contributed by atoms with Crippen LogP contribution in [0.4, 0.5) is 5.69 Å². The van der Waals surface area contributed by atoms with Gasteiger partial charge in [-0.15, -0.1) is 0 Å². The van der Waals surface area contributed by atoms with Crippen LogP contribution >= 0.6 is 0 Å². The van der Waals surface area contributed by atoms with E-state index in [1.807, 2.05) is 31.2 Å². The maximum atomic E-state index is 12.7. The average Bonchev–Trinajstić information content (AvgIpc) is 2.70. The van der Waals surface area contributed by atoms with Crippen LogP contribution < -0.4 is 14.8 Å². The summed E-state index contributed by atoms with van der Waals surface area (Å²) in [6.45, 7) is 6.01. The third-order valence-electron chi connectivity index (χ3n) is 4.73. The first-order valence-electron chi connectivity index (χ1n) is 9.62. The lowest BCUT2D eigenvalue weighted by molar-refractivity contribution is -0.122. The largest absolute Gasteiger partial charge is 0.489 e. The van der Waals surface area contributed by atoms with Crippen molar-refractivity contribution in [1.82, 2.24) is 0 Å². The number of benzene rings is 2. The number of ether oxygens (including phenoxy) is 2. The van der Waals surface area contributed by atoms with Crippen LogP contribution in [0, 0.1) is 0 Å². The van der Waals surface area contributed by atoms with Crippen molar-refractivity contribution >= 4 is 11.6 Å². The number of aryl methyl sites for hydroxylation is 2. The molecule has 0 radical (unpaired) electrons. The van der Waals surface area contributed by atoms with Crippen LogP contribution in [-0.4, -0.2) is 18.6 Å². The fourth-order valence-corrected chi connectivity index (χ4v) is 3.31. The Morgan fingerprint density at radius 2 is 1.96 bits per heavy atom. The molecular weight excluding hydrogens is 338 g/mol. The molecule has 4 nitrogen and oxygen atoms in total. The van der Waals surface area contributed by atoms with E-state index in [1.165, 1.54) is 24.0 Å². The number of anilines is 1. The Morgan fingerprint density at radius 3 is 2.74 bits per heavy atom. The first-order chi connectivity index (χ1) is 13.2. The van der Waals surface area contributed by atoms with Gasteiger partial charge in [0, 0.05) is 11.8 Å². The fraction of sp³-hybridized carbons (Fsp3) is 0.348. The molecule has 0 saturated heterocycles. The van der Waals surface area contributed by atoms with E-state index in [0.29, 0.717) is 24.5 Å². The third-order valence-corrected chi connectivity index (χ3v) is 4.73. The van der Waals surface area contributed by atoms with Crippen molar-refractivity contribution in [3.05, 3.63) is 66.2 Å². The molecule has 1 atom stereocenters. The number of rotatable bonds is 8. The zero-order chi connectivity index (χ0) is 19.1. The van der Waals surface area contributed by atoms with Gasteiger partial charge in [0.25, 0.3) is 5.91 Å². The van der Waals surface area contributed by atoms with Crippen LogP contribution in [0.2, 0.25) is 0 Å². The lowest BCUT2D eigenvalue weighted by Gasteiger charge is -2.20. The van der Waals surface area contributed by atoms with E-state index in [2.05, 4.69) is 24.0 Å². The average molecular weight is 365 g/mol. The Morgan fingerprint density at radius 1 is 1.15 bits per heavy atom. The van der Waals surface area contributed by atoms with Gasteiger partial charge in [0.1, 0.15) is 18.1 Å². The summed E-state index contributed by atoms with van der Waals surface area (Å²) in [6, 6.07) is 13.5. The van der Waals surface area contributed by atoms with Gasteiger partial charge >= 0.3 is 0 Å². The van der Waals surface area contributed by atoms with Gasteiger partial charge in [0.05, 0.1) is 0 Å². The van der Waals surface area contributed by atoms with Gasteiger partial charge in [-0.25, -0.2) is 0 Å². The van der Waals surface area contributed by atoms with E-state index >= 15 is 0 Å². The summed E-state index contributed by atoms with van der Waals surface area (Å²) in [5.41, 5.74) is 3.44. The fourth-order valence-electron chi connectivity index (χ4n) is 3.31. The number of carbonyl (C=O) groups excluding carboxylic acids is 1. The van der Waals surface area contributed by atoms with Gasteiger partial charge in [0.2, 0.25) is 0 Å². The van der Waals surface area contributed by atoms with Crippen LogP contribution in [0.3, 0.4) is 0 Å². The molecule has 0 aromatic heterocycles. The van der Waals surface area contributed by atoms with Crippen molar-refractivity contribution in [3.63, 3.8) is 0 Å². The molecule has 1 N–H and O–H groups in total. The molecule has 3 rings (SSSR count). The van der Waals surface area contributed by atoms with E-state index in [-0.39, 0.29) is 5.91 Å². The van der Waals surface area contributed by atoms with E-state index in [9.17, 15) is 4.79 Å².